The average molecular weight is 369 g/mol. The van der Waals surface area contributed by atoms with Gasteiger partial charge < -0.3 is 15.3 Å². The van der Waals surface area contributed by atoms with E-state index in [-0.39, 0.29) is 30.7 Å². The van der Waals surface area contributed by atoms with Gasteiger partial charge in [0.2, 0.25) is 0 Å². The summed E-state index contributed by atoms with van der Waals surface area (Å²) in [6.07, 6.45) is -1.61. The van der Waals surface area contributed by atoms with E-state index < -0.39 is 30.7 Å². The monoisotopic (exact) mass is 368 g/mol. The second kappa shape index (κ2) is 6.89. The van der Waals surface area contributed by atoms with Crippen LogP contribution < -0.4 is 5.32 Å². The topological polar surface area (TPSA) is 70.4 Å². The van der Waals surface area contributed by atoms with Crippen molar-refractivity contribution in [3.63, 3.8) is 0 Å². The minimum atomic E-state index is -4.74. The van der Waals surface area contributed by atoms with E-state index >= 15 is 0 Å². The van der Waals surface area contributed by atoms with Gasteiger partial charge in [0.15, 0.2) is 5.60 Å². The lowest BCUT2D eigenvalue weighted by molar-refractivity contribution is -0.253. The van der Waals surface area contributed by atoms with Crippen LogP contribution in [0.15, 0.2) is 12.3 Å². The second-order valence-electron chi connectivity index (χ2n) is 6.19. The van der Waals surface area contributed by atoms with Crippen molar-refractivity contribution in [2.45, 2.75) is 37.1 Å². The predicted molar refractivity (Wildman–Crippen MR) is 82.1 cm³/mol. The number of rotatable bonds is 2. The fourth-order valence-electron chi connectivity index (χ4n) is 3.08. The molecule has 3 rings (SSSR count). The number of hydrogen-bond acceptors (Lipinski definition) is 4. The zero-order valence-corrected chi connectivity index (χ0v) is 13.7. The molecule has 0 aliphatic carbocycles. The van der Waals surface area contributed by atoms with Gasteiger partial charge >= 0.3 is 6.18 Å². The van der Waals surface area contributed by atoms with Crippen molar-refractivity contribution in [3.8, 4) is 0 Å². The summed E-state index contributed by atoms with van der Waals surface area (Å²) in [4.78, 5) is 13.3. The Bertz CT molecular complexity index is 589. The number of nitrogens with zero attached hydrogens (tertiary/aromatic N) is 3. The van der Waals surface area contributed by atoms with Crippen molar-refractivity contribution in [2.24, 2.45) is 0 Å². The number of aromatic nitrogens is 2. The first-order valence-electron chi connectivity index (χ1n) is 7.64. The summed E-state index contributed by atoms with van der Waals surface area (Å²) in [7, 11) is 0. The zero-order valence-electron chi connectivity index (χ0n) is 12.9. The van der Waals surface area contributed by atoms with Crippen molar-refractivity contribution in [1.29, 1.82) is 0 Å². The quantitative estimate of drug-likeness (QED) is 0.827. The zero-order chi connectivity index (χ0) is 16.7. The largest absolute Gasteiger partial charge is 0.419 e. The summed E-state index contributed by atoms with van der Waals surface area (Å²) >= 11 is 0. The molecule has 10 heteroatoms. The van der Waals surface area contributed by atoms with Gasteiger partial charge in [-0.2, -0.15) is 18.3 Å². The van der Waals surface area contributed by atoms with Gasteiger partial charge in [0.25, 0.3) is 5.91 Å². The molecular formula is C14H20ClF3N4O2. The predicted octanol–water partition coefficient (Wildman–Crippen LogP) is 1.37. The lowest BCUT2D eigenvalue weighted by Gasteiger charge is -2.25. The summed E-state index contributed by atoms with van der Waals surface area (Å²) in [6, 6.07) is 1.66. The first-order chi connectivity index (χ1) is 10.8. The van der Waals surface area contributed by atoms with E-state index in [0.717, 1.165) is 30.8 Å². The Morgan fingerprint density at radius 1 is 1.46 bits per heavy atom. The number of carbonyl (C=O) groups is 1. The highest BCUT2D eigenvalue weighted by molar-refractivity contribution is 5.92. The van der Waals surface area contributed by atoms with E-state index in [2.05, 4.69) is 10.4 Å². The number of alkyl halides is 3. The van der Waals surface area contributed by atoms with Crippen LogP contribution in [0.4, 0.5) is 13.2 Å². The molecule has 24 heavy (non-hydrogen) atoms. The highest BCUT2D eigenvalue weighted by Gasteiger charge is 2.57. The maximum absolute atomic E-state index is 12.8. The third-order valence-electron chi connectivity index (χ3n) is 4.54. The fraction of sp³-hybridized carbons (Fsp3) is 0.714. The Morgan fingerprint density at radius 3 is 2.79 bits per heavy atom. The lowest BCUT2D eigenvalue weighted by Crippen LogP contribution is -2.48. The van der Waals surface area contributed by atoms with Crippen molar-refractivity contribution in [3.05, 3.63) is 18.0 Å². The van der Waals surface area contributed by atoms with Crippen LogP contribution in [0.5, 0.6) is 0 Å². The molecule has 0 saturated carbocycles. The van der Waals surface area contributed by atoms with Gasteiger partial charge in [-0.15, -0.1) is 12.4 Å². The fourth-order valence-corrected chi connectivity index (χ4v) is 3.08. The summed E-state index contributed by atoms with van der Waals surface area (Å²) < 4.78 is 40.1. The van der Waals surface area contributed by atoms with E-state index in [1.165, 1.54) is 6.07 Å². The summed E-state index contributed by atoms with van der Waals surface area (Å²) in [5.74, 6) is -0.576. The smallest absolute Gasteiger partial charge is 0.379 e. The Balaban J connectivity index is 0.00000208. The van der Waals surface area contributed by atoms with Crippen molar-refractivity contribution < 1.29 is 23.1 Å². The molecule has 3 heterocycles. The van der Waals surface area contributed by atoms with E-state index in [1.807, 2.05) is 0 Å². The Hall–Kier alpha value is -1.32. The molecule has 2 fully saturated rings. The lowest BCUT2D eigenvalue weighted by atomic mass is 10.0. The van der Waals surface area contributed by atoms with Crippen molar-refractivity contribution in [1.82, 2.24) is 20.0 Å². The van der Waals surface area contributed by atoms with Crippen molar-refractivity contribution >= 4 is 18.3 Å². The van der Waals surface area contributed by atoms with E-state index in [1.54, 1.807) is 10.9 Å². The van der Waals surface area contributed by atoms with Crippen LogP contribution in [0.25, 0.3) is 0 Å². The van der Waals surface area contributed by atoms with Crippen LogP contribution in [0, 0.1) is 0 Å². The van der Waals surface area contributed by atoms with E-state index in [9.17, 15) is 23.1 Å². The molecule has 1 amide bonds. The summed E-state index contributed by atoms with van der Waals surface area (Å²) in [5.41, 5.74) is -2.71. The van der Waals surface area contributed by atoms with Gasteiger partial charge in [-0.3, -0.25) is 9.48 Å². The second-order valence-corrected chi connectivity index (χ2v) is 6.19. The molecule has 2 aliphatic rings. The molecule has 2 unspecified atom stereocenters. The van der Waals surface area contributed by atoms with Gasteiger partial charge in [0, 0.05) is 25.7 Å². The first-order valence-corrected chi connectivity index (χ1v) is 7.64. The highest BCUT2D eigenvalue weighted by atomic mass is 35.5. The van der Waals surface area contributed by atoms with Crippen molar-refractivity contribution in [2.75, 3.05) is 26.2 Å². The number of likely N-dealkylation sites (tertiary alicyclic amines) is 1. The Kier molecular flexibility index (Phi) is 5.46. The maximum Gasteiger partial charge on any atom is 0.419 e. The number of β-amino-alcohol motifs (C(OH)–C–C–N with tert-alkyl or cyclic N) is 1. The van der Waals surface area contributed by atoms with Crippen LogP contribution in [-0.4, -0.2) is 63.7 Å². The molecule has 0 aromatic carbocycles. The van der Waals surface area contributed by atoms with Crippen LogP contribution in [-0.2, 0) is 0 Å². The number of nitrogens with one attached hydrogen (secondary N) is 1. The van der Waals surface area contributed by atoms with Crippen LogP contribution in [0.2, 0.25) is 0 Å². The standard InChI is InChI=1S/C14H19F3N4O2.ClH/c15-14(16,17)13(23)4-7-20(9-13)12(22)11-3-6-21(19-11)10-2-1-5-18-8-10;/h3,6,10,18,23H,1-2,4-5,7-9H2;1H. The first kappa shape index (κ1) is 19.0. The molecule has 2 atom stereocenters. The normalized spacial score (nSPS) is 27.8. The van der Waals surface area contributed by atoms with Crippen LogP contribution in [0.3, 0.4) is 0 Å². The minimum absolute atomic E-state index is 0. The number of hydrogen-bond donors (Lipinski definition) is 2. The molecule has 2 aliphatic heterocycles. The van der Waals surface area contributed by atoms with Gasteiger partial charge in [-0.05, 0) is 25.5 Å². The number of piperidine rings is 1. The molecule has 0 spiro atoms. The molecule has 6 nitrogen and oxygen atoms in total. The number of halogens is 4. The molecular weight excluding hydrogens is 349 g/mol. The SMILES string of the molecule is Cl.O=C(c1ccn(C2CCCNC2)n1)N1CCC(O)(C(F)(F)F)C1. The molecule has 1 aromatic rings. The van der Waals surface area contributed by atoms with Gasteiger partial charge in [0.05, 0.1) is 12.6 Å². The molecule has 1 aromatic heterocycles. The molecule has 2 N–H and O–H groups in total. The molecule has 2 saturated heterocycles. The third kappa shape index (κ3) is 3.52. The maximum atomic E-state index is 12.8. The third-order valence-corrected chi connectivity index (χ3v) is 4.54. The molecule has 136 valence electrons. The molecule has 0 radical (unpaired) electrons. The minimum Gasteiger partial charge on any atom is -0.379 e. The van der Waals surface area contributed by atoms with Crippen LogP contribution >= 0.6 is 12.4 Å². The molecule has 0 bridgehead atoms. The number of aliphatic hydroxyl groups is 1. The van der Waals surface area contributed by atoms with Crippen LogP contribution in [0.1, 0.15) is 35.8 Å². The Labute approximate surface area is 143 Å². The summed E-state index contributed by atoms with van der Waals surface area (Å²) in [6.45, 7) is 0.833. The van der Waals surface area contributed by atoms with E-state index in [4.69, 9.17) is 0 Å². The Morgan fingerprint density at radius 2 is 2.21 bits per heavy atom. The number of amides is 1. The van der Waals surface area contributed by atoms with Gasteiger partial charge in [-0.1, -0.05) is 0 Å². The number of carbonyl (C=O) groups excluding carboxylic acids is 1. The van der Waals surface area contributed by atoms with Gasteiger partial charge in [0.1, 0.15) is 5.69 Å². The van der Waals surface area contributed by atoms with E-state index in [0.29, 0.717) is 0 Å². The summed E-state index contributed by atoms with van der Waals surface area (Å²) in [5, 5.41) is 17.1. The highest BCUT2D eigenvalue weighted by Crippen LogP contribution is 2.37. The average Bonchev–Trinajstić information content (AvgIpc) is 3.14. The van der Waals surface area contributed by atoms with Gasteiger partial charge in [-0.25, -0.2) is 0 Å².